The summed E-state index contributed by atoms with van der Waals surface area (Å²) in [6.45, 7) is 6.56. The highest BCUT2D eigenvalue weighted by molar-refractivity contribution is 5.88. The van der Waals surface area contributed by atoms with E-state index in [9.17, 15) is 4.79 Å². The quantitative estimate of drug-likeness (QED) is 0.133. The van der Waals surface area contributed by atoms with E-state index in [4.69, 9.17) is 9.78 Å². The zero-order chi connectivity index (χ0) is 21.0. The Labute approximate surface area is 179 Å². The molecule has 0 saturated carbocycles. The fraction of sp³-hybridized carbons (Fsp3) is 0.692. The Kier molecular flexibility index (Phi) is 16.5. The minimum atomic E-state index is -0.402. The van der Waals surface area contributed by atoms with Gasteiger partial charge in [0.1, 0.15) is 0 Å². The van der Waals surface area contributed by atoms with Crippen LogP contribution in [0, 0.1) is 6.92 Å². The smallest absolute Gasteiger partial charge is 0.293 e. The van der Waals surface area contributed by atoms with Crippen LogP contribution in [0.4, 0.5) is 0 Å². The molecule has 0 atom stereocenters. The van der Waals surface area contributed by atoms with E-state index in [1.54, 1.807) is 0 Å². The van der Waals surface area contributed by atoms with Gasteiger partial charge in [-0.3, -0.25) is 4.89 Å². The summed E-state index contributed by atoms with van der Waals surface area (Å²) in [6.07, 6.45) is 19.8. The van der Waals surface area contributed by atoms with Gasteiger partial charge in [0.05, 0.1) is 12.2 Å². The Balaban J connectivity index is 1.93. The van der Waals surface area contributed by atoms with Crippen LogP contribution in [0.2, 0.25) is 0 Å². The largest absolute Gasteiger partial charge is 0.373 e. The van der Waals surface area contributed by atoms with Crippen molar-refractivity contribution in [3.05, 3.63) is 42.3 Å². The van der Waals surface area contributed by atoms with Crippen LogP contribution in [0.25, 0.3) is 0 Å². The van der Waals surface area contributed by atoms with E-state index < -0.39 is 5.97 Å². The van der Waals surface area contributed by atoms with Gasteiger partial charge < -0.3 is 0 Å². The van der Waals surface area contributed by atoms with Crippen LogP contribution in [-0.4, -0.2) is 12.6 Å². The molecule has 0 amide bonds. The fourth-order valence-corrected chi connectivity index (χ4v) is 3.46. The molecule has 0 spiro atoms. The molecule has 0 aliphatic heterocycles. The SMILES string of the molecule is [CH2]CCCCCCCCCCCCCOOC(=O)c1ccc(CCCCC)cc1. The van der Waals surface area contributed by atoms with Crippen LogP contribution in [-0.2, 0) is 16.2 Å². The number of carbonyl (C=O) groups is 1. The van der Waals surface area contributed by atoms with Gasteiger partial charge in [-0.25, -0.2) is 4.79 Å². The summed E-state index contributed by atoms with van der Waals surface area (Å²) < 4.78 is 0. The van der Waals surface area contributed by atoms with Crippen molar-refractivity contribution in [2.24, 2.45) is 0 Å². The first-order valence-electron chi connectivity index (χ1n) is 12.0. The van der Waals surface area contributed by atoms with Gasteiger partial charge in [-0.15, -0.1) is 0 Å². The maximum Gasteiger partial charge on any atom is 0.373 e. The molecule has 1 aromatic carbocycles. The average Bonchev–Trinajstić information content (AvgIpc) is 2.74. The first-order chi connectivity index (χ1) is 14.3. The van der Waals surface area contributed by atoms with Crippen LogP contribution in [0.5, 0.6) is 0 Å². The topological polar surface area (TPSA) is 35.5 Å². The molecule has 0 aliphatic rings. The summed E-state index contributed by atoms with van der Waals surface area (Å²) in [4.78, 5) is 22.0. The van der Waals surface area contributed by atoms with E-state index in [2.05, 4.69) is 13.8 Å². The van der Waals surface area contributed by atoms with Crippen LogP contribution in [0.3, 0.4) is 0 Å². The maximum absolute atomic E-state index is 12.0. The normalized spacial score (nSPS) is 11.0. The lowest BCUT2D eigenvalue weighted by molar-refractivity contribution is -0.241. The second kappa shape index (κ2) is 18.7. The summed E-state index contributed by atoms with van der Waals surface area (Å²) >= 11 is 0. The van der Waals surface area contributed by atoms with E-state index in [0.717, 1.165) is 25.7 Å². The van der Waals surface area contributed by atoms with Gasteiger partial charge in [0.25, 0.3) is 0 Å². The number of benzene rings is 1. The predicted octanol–water partition coefficient (Wildman–Crippen LogP) is 8.02. The Bertz CT molecular complexity index is 495. The third-order valence-electron chi connectivity index (χ3n) is 5.37. The first kappa shape index (κ1) is 25.7. The zero-order valence-corrected chi connectivity index (χ0v) is 18.8. The van der Waals surface area contributed by atoms with Crippen molar-refractivity contribution in [1.29, 1.82) is 0 Å². The molecule has 0 aromatic heterocycles. The highest BCUT2D eigenvalue weighted by Gasteiger charge is 2.08. The first-order valence-corrected chi connectivity index (χ1v) is 12.0. The molecule has 0 aliphatic carbocycles. The number of hydrogen-bond donors (Lipinski definition) is 0. The molecule has 1 radical (unpaired) electrons. The summed E-state index contributed by atoms with van der Waals surface area (Å²) in [7, 11) is 0. The standard InChI is InChI=1S/C26H43O3/c1-3-5-7-8-9-10-11-12-13-14-15-17-23-28-29-26(27)25-21-19-24(20-22-25)18-16-6-4-2/h19-22H,1,3-18,23H2,2H3. The van der Waals surface area contributed by atoms with Crippen molar-refractivity contribution in [2.45, 2.75) is 110 Å². The Morgan fingerprint density at radius 1 is 0.759 bits per heavy atom. The van der Waals surface area contributed by atoms with Gasteiger partial charge in [0, 0.05) is 0 Å². The molecule has 0 N–H and O–H groups in total. The highest BCUT2D eigenvalue weighted by Crippen LogP contribution is 2.13. The molecule has 0 heterocycles. The van der Waals surface area contributed by atoms with Gasteiger partial charge >= 0.3 is 5.97 Å². The summed E-state index contributed by atoms with van der Waals surface area (Å²) in [5.41, 5.74) is 1.82. The van der Waals surface area contributed by atoms with Gasteiger partial charge in [0.15, 0.2) is 0 Å². The molecule has 0 saturated heterocycles. The molecular weight excluding hydrogens is 360 g/mol. The maximum atomic E-state index is 12.0. The minimum Gasteiger partial charge on any atom is -0.293 e. The Morgan fingerprint density at radius 3 is 1.86 bits per heavy atom. The van der Waals surface area contributed by atoms with Crippen LogP contribution in [0.15, 0.2) is 24.3 Å². The lowest BCUT2D eigenvalue weighted by atomic mass is 10.1. The molecule has 0 fully saturated rings. The Morgan fingerprint density at radius 2 is 1.31 bits per heavy atom. The molecule has 1 rings (SSSR count). The second-order valence-electron chi connectivity index (χ2n) is 8.09. The Hall–Kier alpha value is -1.35. The second-order valence-corrected chi connectivity index (χ2v) is 8.09. The van der Waals surface area contributed by atoms with E-state index in [0.29, 0.717) is 12.2 Å². The average molecular weight is 404 g/mol. The van der Waals surface area contributed by atoms with Crippen LogP contribution in [0.1, 0.15) is 119 Å². The van der Waals surface area contributed by atoms with Crippen molar-refractivity contribution in [3.63, 3.8) is 0 Å². The number of carbonyl (C=O) groups excluding carboxylic acids is 1. The predicted molar refractivity (Wildman–Crippen MR) is 122 cm³/mol. The van der Waals surface area contributed by atoms with Gasteiger partial charge in [-0.05, 0) is 37.0 Å². The molecule has 0 unspecified atom stereocenters. The van der Waals surface area contributed by atoms with E-state index in [-0.39, 0.29) is 0 Å². The number of aryl methyl sites for hydroxylation is 1. The lowest BCUT2D eigenvalue weighted by Crippen LogP contribution is -2.07. The fourth-order valence-electron chi connectivity index (χ4n) is 3.46. The van der Waals surface area contributed by atoms with Crippen molar-refractivity contribution < 1.29 is 14.6 Å². The zero-order valence-electron chi connectivity index (χ0n) is 18.8. The van der Waals surface area contributed by atoms with Crippen molar-refractivity contribution in [1.82, 2.24) is 0 Å². The van der Waals surface area contributed by atoms with E-state index in [1.807, 2.05) is 24.3 Å². The summed E-state index contributed by atoms with van der Waals surface area (Å²) in [5, 5.41) is 0. The molecule has 29 heavy (non-hydrogen) atoms. The number of hydrogen-bond acceptors (Lipinski definition) is 3. The summed E-state index contributed by atoms with van der Waals surface area (Å²) in [6, 6.07) is 7.67. The van der Waals surface area contributed by atoms with E-state index >= 15 is 0 Å². The van der Waals surface area contributed by atoms with Crippen molar-refractivity contribution in [2.75, 3.05) is 6.61 Å². The van der Waals surface area contributed by atoms with Gasteiger partial charge in [-0.2, -0.15) is 4.89 Å². The van der Waals surface area contributed by atoms with E-state index in [1.165, 1.54) is 82.6 Å². The van der Waals surface area contributed by atoms with Crippen LogP contribution >= 0.6 is 0 Å². The molecule has 3 nitrogen and oxygen atoms in total. The monoisotopic (exact) mass is 403 g/mol. The summed E-state index contributed by atoms with van der Waals surface area (Å²) in [5.74, 6) is -0.402. The van der Waals surface area contributed by atoms with Crippen molar-refractivity contribution in [3.8, 4) is 0 Å². The van der Waals surface area contributed by atoms with Gasteiger partial charge in [0.2, 0.25) is 0 Å². The van der Waals surface area contributed by atoms with Gasteiger partial charge in [-0.1, -0.05) is 109 Å². The molecule has 3 heteroatoms. The number of unbranched alkanes of at least 4 members (excludes halogenated alkanes) is 13. The molecule has 165 valence electrons. The highest BCUT2D eigenvalue weighted by atomic mass is 17.2. The van der Waals surface area contributed by atoms with Crippen molar-refractivity contribution >= 4 is 5.97 Å². The molecular formula is C26H43O3. The molecule has 1 aromatic rings. The number of rotatable bonds is 19. The third-order valence-corrected chi connectivity index (χ3v) is 5.37. The molecule has 0 bridgehead atoms. The minimum absolute atomic E-state index is 0.402. The lowest BCUT2D eigenvalue weighted by Gasteiger charge is -2.05. The van der Waals surface area contributed by atoms with Crippen LogP contribution < -0.4 is 0 Å². The third kappa shape index (κ3) is 14.3.